The minimum Gasteiger partial charge on any atom is -0.369 e. The minimum absolute atomic E-state index is 0.436. The molecule has 114 valence electrons. The molecule has 0 fully saturated rings. The third-order valence-electron chi connectivity index (χ3n) is 3.34. The van der Waals surface area contributed by atoms with Crippen LogP contribution in [0.4, 0.5) is 0 Å². The van der Waals surface area contributed by atoms with Crippen LogP contribution in [-0.2, 0) is 4.79 Å². The molecule has 0 spiro atoms. The number of primary amides is 1. The maximum absolute atomic E-state index is 11.8. The Morgan fingerprint density at radius 3 is 2.09 bits per heavy atom. The van der Waals surface area contributed by atoms with Crippen LogP contribution in [0.15, 0.2) is 82.7 Å². The standard InChI is InChI=1S/C18H15N3OS/c19-18(22)17(13-7-3-1-4-8-13)15-11-12-16(21-20-15)23-14-9-5-2-6-10-14/h1-12,17H,(H2,19,22). The van der Waals surface area contributed by atoms with Crippen LogP contribution in [0.25, 0.3) is 0 Å². The topological polar surface area (TPSA) is 68.9 Å². The first-order valence-electron chi connectivity index (χ1n) is 7.15. The van der Waals surface area contributed by atoms with Gasteiger partial charge in [-0.15, -0.1) is 5.10 Å². The molecule has 2 aromatic carbocycles. The van der Waals surface area contributed by atoms with Crippen molar-refractivity contribution in [2.24, 2.45) is 5.73 Å². The van der Waals surface area contributed by atoms with Crippen molar-refractivity contribution in [2.75, 3.05) is 0 Å². The Bertz CT molecular complexity index is 776. The minimum atomic E-state index is -0.584. The predicted molar refractivity (Wildman–Crippen MR) is 90.1 cm³/mol. The molecule has 3 aromatic rings. The molecular weight excluding hydrogens is 306 g/mol. The van der Waals surface area contributed by atoms with Gasteiger partial charge >= 0.3 is 0 Å². The average Bonchev–Trinajstić information content (AvgIpc) is 2.58. The summed E-state index contributed by atoms with van der Waals surface area (Å²) >= 11 is 1.52. The summed E-state index contributed by atoms with van der Waals surface area (Å²) in [6.45, 7) is 0. The highest BCUT2D eigenvalue weighted by Gasteiger charge is 2.21. The van der Waals surface area contributed by atoms with E-state index in [1.165, 1.54) is 11.8 Å². The van der Waals surface area contributed by atoms with E-state index in [1.54, 1.807) is 6.07 Å². The van der Waals surface area contributed by atoms with Gasteiger partial charge in [0.05, 0.1) is 5.69 Å². The SMILES string of the molecule is NC(=O)C(c1ccccc1)c1ccc(Sc2ccccc2)nn1. The monoisotopic (exact) mass is 321 g/mol. The van der Waals surface area contributed by atoms with Gasteiger partial charge in [0.1, 0.15) is 10.9 Å². The van der Waals surface area contributed by atoms with Crippen molar-refractivity contribution in [3.8, 4) is 0 Å². The molecule has 0 saturated carbocycles. The number of hydrogen-bond acceptors (Lipinski definition) is 4. The van der Waals surface area contributed by atoms with E-state index in [0.717, 1.165) is 15.5 Å². The molecule has 5 heteroatoms. The second kappa shape index (κ2) is 7.07. The van der Waals surface area contributed by atoms with Gasteiger partial charge in [-0.3, -0.25) is 4.79 Å². The van der Waals surface area contributed by atoms with Crippen molar-refractivity contribution in [1.29, 1.82) is 0 Å². The Hall–Kier alpha value is -2.66. The number of rotatable bonds is 5. The van der Waals surface area contributed by atoms with E-state index in [1.807, 2.05) is 66.7 Å². The van der Waals surface area contributed by atoms with Crippen molar-refractivity contribution in [1.82, 2.24) is 10.2 Å². The van der Waals surface area contributed by atoms with Crippen LogP contribution in [-0.4, -0.2) is 16.1 Å². The summed E-state index contributed by atoms with van der Waals surface area (Å²) in [7, 11) is 0. The van der Waals surface area contributed by atoms with E-state index in [9.17, 15) is 4.79 Å². The first-order valence-corrected chi connectivity index (χ1v) is 7.96. The van der Waals surface area contributed by atoms with Gasteiger partial charge in [0.25, 0.3) is 0 Å². The zero-order valence-corrected chi connectivity index (χ0v) is 13.1. The Labute approximate surface area is 138 Å². The van der Waals surface area contributed by atoms with Gasteiger partial charge in [0, 0.05) is 4.90 Å². The van der Waals surface area contributed by atoms with E-state index in [-0.39, 0.29) is 0 Å². The molecule has 0 radical (unpaired) electrons. The average molecular weight is 321 g/mol. The van der Waals surface area contributed by atoms with E-state index < -0.39 is 11.8 Å². The van der Waals surface area contributed by atoms with Crippen LogP contribution < -0.4 is 5.73 Å². The molecule has 0 aliphatic rings. The Kier molecular flexibility index (Phi) is 4.68. The lowest BCUT2D eigenvalue weighted by atomic mass is 9.95. The highest BCUT2D eigenvalue weighted by molar-refractivity contribution is 7.99. The summed E-state index contributed by atoms with van der Waals surface area (Å²) in [6, 6.07) is 23.0. The lowest BCUT2D eigenvalue weighted by Gasteiger charge is -2.12. The lowest BCUT2D eigenvalue weighted by Crippen LogP contribution is -2.23. The number of hydrogen-bond donors (Lipinski definition) is 1. The lowest BCUT2D eigenvalue weighted by molar-refractivity contribution is -0.118. The quantitative estimate of drug-likeness (QED) is 0.783. The number of nitrogens with zero attached hydrogens (tertiary/aromatic N) is 2. The van der Waals surface area contributed by atoms with Gasteiger partial charge in [-0.05, 0) is 29.8 Å². The van der Waals surface area contributed by atoms with Crippen LogP contribution in [0.1, 0.15) is 17.2 Å². The van der Waals surface area contributed by atoms with Crippen LogP contribution in [0, 0.1) is 0 Å². The van der Waals surface area contributed by atoms with Crippen molar-refractivity contribution in [2.45, 2.75) is 15.8 Å². The second-order valence-corrected chi connectivity index (χ2v) is 6.05. The summed E-state index contributed by atoms with van der Waals surface area (Å²) in [5, 5.41) is 9.18. The van der Waals surface area contributed by atoms with Crippen LogP contribution in [0.5, 0.6) is 0 Å². The molecule has 0 bridgehead atoms. The van der Waals surface area contributed by atoms with Crippen molar-refractivity contribution < 1.29 is 4.79 Å². The van der Waals surface area contributed by atoms with Gasteiger partial charge in [-0.2, -0.15) is 5.10 Å². The van der Waals surface area contributed by atoms with Gasteiger partial charge in [-0.25, -0.2) is 0 Å². The number of nitrogens with two attached hydrogens (primary N) is 1. The number of amides is 1. The molecule has 23 heavy (non-hydrogen) atoms. The number of benzene rings is 2. The summed E-state index contributed by atoms with van der Waals surface area (Å²) in [4.78, 5) is 12.9. The highest BCUT2D eigenvalue weighted by Crippen LogP contribution is 2.27. The third-order valence-corrected chi connectivity index (χ3v) is 4.27. The molecule has 0 aliphatic heterocycles. The smallest absolute Gasteiger partial charge is 0.231 e. The molecule has 2 N–H and O–H groups in total. The van der Waals surface area contributed by atoms with Crippen molar-refractivity contribution >= 4 is 17.7 Å². The van der Waals surface area contributed by atoms with Crippen molar-refractivity contribution in [3.05, 3.63) is 84.1 Å². The summed E-state index contributed by atoms with van der Waals surface area (Å²) in [5.41, 5.74) is 6.92. The Morgan fingerprint density at radius 2 is 1.52 bits per heavy atom. The molecule has 3 rings (SSSR count). The van der Waals surface area contributed by atoms with Crippen molar-refractivity contribution in [3.63, 3.8) is 0 Å². The third kappa shape index (κ3) is 3.76. The van der Waals surface area contributed by atoms with Gasteiger partial charge in [-0.1, -0.05) is 60.3 Å². The highest BCUT2D eigenvalue weighted by atomic mass is 32.2. The first-order chi connectivity index (χ1) is 11.2. The summed E-state index contributed by atoms with van der Waals surface area (Å²) in [5.74, 6) is -1.02. The molecule has 4 nitrogen and oxygen atoms in total. The molecule has 0 saturated heterocycles. The first kappa shape index (κ1) is 15.2. The fourth-order valence-corrected chi connectivity index (χ4v) is 3.03. The summed E-state index contributed by atoms with van der Waals surface area (Å²) < 4.78 is 0. The number of carbonyl (C=O) groups excluding carboxylic acids is 1. The summed E-state index contributed by atoms with van der Waals surface area (Å²) in [6.07, 6.45) is 0. The predicted octanol–water partition coefficient (Wildman–Crippen LogP) is 3.25. The van der Waals surface area contributed by atoms with E-state index >= 15 is 0 Å². The van der Waals surface area contributed by atoms with E-state index in [0.29, 0.717) is 5.69 Å². The fourth-order valence-electron chi connectivity index (χ4n) is 2.27. The largest absolute Gasteiger partial charge is 0.369 e. The molecule has 1 atom stereocenters. The fraction of sp³-hybridized carbons (Fsp3) is 0.0556. The number of carbonyl (C=O) groups is 1. The van der Waals surface area contributed by atoms with Crippen LogP contribution in [0.2, 0.25) is 0 Å². The second-order valence-electron chi connectivity index (χ2n) is 4.96. The van der Waals surface area contributed by atoms with Crippen LogP contribution in [0.3, 0.4) is 0 Å². The van der Waals surface area contributed by atoms with Gasteiger partial charge in [0.2, 0.25) is 5.91 Å². The van der Waals surface area contributed by atoms with Crippen LogP contribution >= 0.6 is 11.8 Å². The van der Waals surface area contributed by atoms with E-state index in [2.05, 4.69) is 10.2 Å². The molecule has 1 aromatic heterocycles. The number of aromatic nitrogens is 2. The molecular formula is C18H15N3OS. The Morgan fingerprint density at radius 1 is 0.870 bits per heavy atom. The maximum atomic E-state index is 11.8. The van der Waals surface area contributed by atoms with E-state index in [4.69, 9.17) is 5.73 Å². The molecule has 1 unspecified atom stereocenters. The molecule has 0 aliphatic carbocycles. The normalized spacial score (nSPS) is 11.8. The maximum Gasteiger partial charge on any atom is 0.231 e. The zero-order valence-electron chi connectivity index (χ0n) is 12.3. The van der Waals surface area contributed by atoms with Gasteiger partial charge < -0.3 is 5.73 Å². The molecule has 1 heterocycles. The van der Waals surface area contributed by atoms with Gasteiger partial charge in [0.15, 0.2) is 0 Å². The Balaban J connectivity index is 1.84. The molecule has 1 amide bonds. The zero-order chi connectivity index (χ0) is 16.1.